The predicted octanol–water partition coefficient (Wildman–Crippen LogP) is 4.49. The second-order valence-corrected chi connectivity index (χ2v) is 7.46. The zero-order valence-electron chi connectivity index (χ0n) is 14.8. The molecule has 2 amide bonds. The normalized spacial score (nSPS) is 17.7. The fourth-order valence-corrected chi connectivity index (χ4v) is 3.61. The van der Waals surface area contributed by atoms with E-state index in [9.17, 15) is 27.7 Å². The second-order valence-electron chi connectivity index (χ2n) is 6.29. The molecule has 1 aliphatic rings. The topological polar surface area (TPSA) is 84.8 Å². The Morgan fingerprint density at radius 1 is 1.14 bits per heavy atom. The van der Waals surface area contributed by atoms with Crippen molar-refractivity contribution in [2.45, 2.75) is 23.9 Å². The number of thioether (sulfide) groups is 1. The number of alkyl halides is 3. The highest BCUT2D eigenvalue weighted by atomic mass is 32.2. The van der Waals surface area contributed by atoms with Crippen molar-refractivity contribution in [2.75, 3.05) is 6.61 Å². The minimum absolute atomic E-state index is 0.111. The summed E-state index contributed by atoms with van der Waals surface area (Å²) in [6.45, 7) is -0.223. The van der Waals surface area contributed by atoms with Crippen LogP contribution in [0.2, 0.25) is 0 Å². The van der Waals surface area contributed by atoms with E-state index in [1.165, 1.54) is 12.1 Å². The number of hydrogen-bond donors (Lipinski definition) is 1. The molecular weight excluding hydrogens is 409 g/mol. The number of ether oxygens (including phenoxy) is 1. The number of carbonyl (C=O) groups excluding carboxylic acids is 2. The molecule has 10 heteroatoms. The van der Waals surface area contributed by atoms with E-state index in [1.54, 1.807) is 24.3 Å². The van der Waals surface area contributed by atoms with Crippen LogP contribution in [0.3, 0.4) is 0 Å². The summed E-state index contributed by atoms with van der Waals surface area (Å²) in [4.78, 5) is 33.9. The highest BCUT2D eigenvalue weighted by molar-refractivity contribution is 8.15. The van der Waals surface area contributed by atoms with Gasteiger partial charge in [0.05, 0.1) is 10.8 Å². The van der Waals surface area contributed by atoms with Crippen LogP contribution in [0.1, 0.15) is 22.7 Å². The number of rotatable bonds is 7. The number of imide groups is 1. The van der Waals surface area contributed by atoms with Crippen LogP contribution in [-0.2, 0) is 17.4 Å². The fraction of sp³-hybridized carbons (Fsp3) is 0.263. The van der Waals surface area contributed by atoms with Gasteiger partial charge < -0.3 is 4.74 Å². The maximum atomic E-state index is 12.8. The first-order valence-corrected chi connectivity index (χ1v) is 9.37. The lowest BCUT2D eigenvalue weighted by Gasteiger charge is -2.14. The smallest absolute Gasteiger partial charge is 0.416 e. The third-order valence-electron chi connectivity index (χ3n) is 4.25. The molecular formula is C19H15F3N2O4S. The predicted molar refractivity (Wildman–Crippen MR) is 101 cm³/mol. The Morgan fingerprint density at radius 3 is 2.45 bits per heavy atom. The molecule has 0 saturated carbocycles. The number of nitrogens with one attached hydrogen (secondary N) is 1. The number of carbonyl (C=O) groups is 2. The van der Waals surface area contributed by atoms with Crippen molar-refractivity contribution in [3.63, 3.8) is 0 Å². The van der Waals surface area contributed by atoms with Crippen molar-refractivity contribution in [3.05, 3.63) is 70.1 Å². The van der Waals surface area contributed by atoms with E-state index in [0.717, 1.165) is 29.5 Å². The zero-order valence-corrected chi connectivity index (χ0v) is 15.6. The maximum Gasteiger partial charge on any atom is 0.416 e. The lowest BCUT2D eigenvalue weighted by Crippen LogP contribution is -2.25. The molecule has 0 aliphatic carbocycles. The first kappa shape index (κ1) is 20.8. The molecule has 0 radical (unpaired) electrons. The van der Waals surface area contributed by atoms with Gasteiger partial charge in [-0.25, -0.2) is 0 Å². The zero-order chi connectivity index (χ0) is 21.0. The molecule has 3 rings (SSSR count). The number of hydrogen-bond acceptors (Lipinski definition) is 6. The molecule has 0 spiro atoms. The van der Waals surface area contributed by atoms with E-state index in [4.69, 9.17) is 4.74 Å². The third-order valence-corrected chi connectivity index (χ3v) is 5.23. The van der Waals surface area contributed by atoms with Crippen LogP contribution < -0.4 is 10.1 Å². The van der Waals surface area contributed by atoms with E-state index >= 15 is 0 Å². The molecule has 2 aromatic carbocycles. The summed E-state index contributed by atoms with van der Waals surface area (Å²) >= 11 is 0.932. The van der Waals surface area contributed by atoms with Crippen LogP contribution in [0.4, 0.5) is 18.0 Å². The van der Waals surface area contributed by atoms with Gasteiger partial charge in [0.2, 0.25) is 5.91 Å². The van der Waals surface area contributed by atoms with Crippen molar-refractivity contribution in [1.82, 2.24) is 5.32 Å². The molecule has 1 aliphatic heterocycles. The Bertz CT molecular complexity index is 918. The lowest BCUT2D eigenvalue weighted by atomic mass is 10.0. The van der Waals surface area contributed by atoms with Gasteiger partial charge in [-0.1, -0.05) is 41.2 Å². The first-order chi connectivity index (χ1) is 13.8. The lowest BCUT2D eigenvalue weighted by molar-refractivity contribution is -0.137. The van der Waals surface area contributed by atoms with Crippen LogP contribution in [0, 0.1) is 4.91 Å². The van der Waals surface area contributed by atoms with Crippen molar-refractivity contribution in [2.24, 2.45) is 5.18 Å². The van der Waals surface area contributed by atoms with Crippen LogP contribution in [0.5, 0.6) is 5.75 Å². The van der Waals surface area contributed by atoms with E-state index in [-0.39, 0.29) is 23.3 Å². The first-order valence-electron chi connectivity index (χ1n) is 8.49. The van der Waals surface area contributed by atoms with Crippen LogP contribution in [0.15, 0.2) is 53.7 Å². The van der Waals surface area contributed by atoms with E-state index in [2.05, 4.69) is 10.5 Å². The summed E-state index contributed by atoms with van der Waals surface area (Å²) < 4.78 is 44.0. The number of benzene rings is 2. The standard InChI is InChI=1S/C19H15F3N2O4S/c20-19(21,22)13-3-1-2-12(9-13)15(24-27)10-28-14-6-4-11(5-7-14)8-16-17(25)23-18(26)29-16/h1-7,9,15-16H,8,10H2,(H,23,25,26). The van der Waals surface area contributed by atoms with Gasteiger partial charge in [0, 0.05) is 0 Å². The third kappa shape index (κ3) is 5.35. The quantitative estimate of drug-likeness (QED) is 0.663. The van der Waals surface area contributed by atoms with Gasteiger partial charge in [-0.05, 0) is 41.8 Å². The molecule has 0 bridgehead atoms. The van der Waals surface area contributed by atoms with Gasteiger partial charge in [-0.15, -0.1) is 0 Å². The van der Waals surface area contributed by atoms with Gasteiger partial charge in [0.15, 0.2) is 6.04 Å². The van der Waals surface area contributed by atoms with Crippen molar-refractivity contribution in [1.29, 1.82) is 0 Å². The molecule has 1 saturated heterocycles. The fourth-order valence-electron chi connectivity index (χ4n) is 2.75. The number of nitroso groups, excluding NO2 is 1. The molecule has 6 nitrogen and oxygen atoms in total. The average Bonchev–Trinajstić information content (AvgIpc) is 3.00. The van der Waals surface area contributed by atoms with Crippen molar-refractivity contribution in [3.8, 4) is 5.75 Å². The van der Waals surface area contributed by atoms with Crippen LogP contribution >= 0.6 is 11.8 Å². The highest BCUT2D eigenvalue weighted by Gasteiger charge is 2.32. The van der Waals surface area contributed by atoms with E-state index < -0.39 is 23.0 Å². The van der Waals surface area contributed by atoms with E-state index in [1.807, 2.05) is 0 Å². The van der Waals surface area contributed by atoms with Gasteiger partial charge >= 0.3 is 6.18 Å². The van der Waals surface area contributed by atoms with Crippen molar-refractivity contribution < 1.29 is 27.5 Å². The second kappa shape index (κ2) is 8.64. The molecule has 1 heterocycles. The van der Waals surface area contributed by atoms with Crippen molar-refractivity contribution >= 4 is 22.9 Å². The Hall–Kier alpha value is -2.88. The minimum Gasteiger partial charge on any atom is -0.491 e. The Kier molecular flexibility index (Phi) is 6.21. The molecule has 152 valence electrons. The Balaban J connectivity index is 1.61. The molecule has 29 heavy (non-hydrogen) atoms. The van der Waals surface area contributed by atoms with E-state index in [0.29, 0.717) is 12.2 Å². The van der Waals surface area contributed by atoms with Gasteiger partial charge in [-0.2, -0.15) is 18.1 Å². The summed E-state index contributed by atoms with van der Waals surface area (Å²) in [5.74, 6) is 0.0651. The summed E-state index contributed by atoms with van der Waals surface area (Å²) in [7, 11) is 0. The van der Waals surface area contributed by atoms with Crippen LogP contribution in [0.25, 0.3) is 0 Å². The average molecular weight is 424 g/mol. The highest BCUT2D eigenvalue weighted by Crippen LogP contribution is 2.31. The maximum absolute atomic E-state index is 12.8. The molecule has 1 N–H and O–H groups in total. The molecule has 0 aromatic heterocycles. The summed E-state index contributed by atoms with van der Waals surface area (Å²) in [6.07, 6.45) is -4.15. The molecule has 1 fully saturated rings. The minimum atomic E-state index is -4.51. The molecule has 2 unspecified atom stereocenters. The number of halogens is 3. The summed E-state index contributed by atoms with van der Waals surface area (Å²) in [5, 5.41) is 4.23. The number of amides is 2. The largest absolute Gasteiger partial charge is 0.491 e. The van der Waals surface area contributed by atoms with Gasteiger partial charge in [0.1, 0.15) is 12.4 Å². The SMILES string of the molecule is O=NC(COc1ccc(CC2SC(=O)NC2=O)cc1)c1cccc(C(F)(F)F)c1. The Labute approximate surface area is 167 Å². The summed E-state index contributed by atoms with van der Waals surface area (Å²) in [5.41, 5.74) is 0.0586. The van der Waals surface area contributed by atoms with Gasteiger partial charge in [-0.3, -0.25) is 14.9 Å². The van der Waals surface area contributed by atoms with Crippen LogP contribution in [-0.4, -0.2) is 23.0 Å². The molecule has 2 atom stereocenters. The summed E-state index contributed by atoms with van der Waals surface area (Å²) in [6, 6.07) is 9.95. The Morgan fingerprint density at radius 2 is 1.86 bits per heavy atom. The van der Waals surface area contributed by atoms with Gasteiger partial charge in [0.25, 0.3) is 5.24 Å². The number of nitrogens with zero attached hydrogens (tertiary/aromatic N) is 1. The molecule has 2 aromatic rings. The monoisotopic (exact) mass is 424 g/mol.